The second kappa shape index (κ2) is 5.91. The molecule has 1 unspecified atom stereocenters. The number of thioether (sulfide) groups is 1. The molecule has 0 N–H and O–H groups in total. The van der Waals surface area contributed by atoms with Crippen LogP contribution in [0.3, 0.4) is 0 Å². The number of oxime groups is 1. The number of halogens is 3. The molecule has 6 heteroatoms. The molecule has 0 bridgehead atoms. The zero-order valence-corrected chi connectivity index (χ0v) is 12.8. The van der Waals surface area contributed by atoms with Crippen molar-refractivity contribution in [3.8, 4) is 0 Å². The summed E-state index contributed by atoms with van der Waals surface area (Å²) in [4.78, 5) is 5.32. The van der Waals surface area contributed by atoms with Crippen molar-refractivity contribution in [2.45, 2.75) is 24.7 Å². The van der Waals surface area contributed by atoms with E-state index in [4.69, 9.17) is 39.6 Å². The number of hydrogen-bond donors (Lipinski definition) is 0. The highest BCUT2D eigenvalue weighted by Gasteiger charge is 2.33. The average molecular weight is 325 g/mol. The molecule has 1 aromatic rings. The first kappa shape index (κ1) is 14.3. The van der Waals surface area contributed by atoms with Crippen LogP contribution < -0.4 is 0 Å². The van der Waals surface area contributed by atoms with Crippen molar-refractivity contribution < 1.29 is 4.84 Å². The molecule has 0 spiro atoms. The molecule has 1 aromatic carbocycles. The molecule has 18 heavy (non-hydrogen) atoms. The van der Waals surface area contributed by atoms with Gasteiger partial charge >= 0.3 is 0 Å². The average Bonchev–Trinajstić information content (AvgIpc) is 2.74. The summed E-state index contributed by atoms with van der Waals surface area (Å²) < 4.78 is 0. The molecule has 1 heterocycles. The van der Waals surface area contributed by atoms with Crippen LogP contribution in [0.1, 0.15) is 18.9 Å². The van der Waals surface area contributed by atoms with E-state index in [9.17, 15) is 0 Å². The minimum atomic E-state index is -0.360. The normalized spacial score (nSPS) is 22.8. The van der Waals surface area contributed by atoms with Crippen LogP contribution in [0.5, 0.6) is 0 Å². The molecule has 0 fully saturated rings. The van der Waals surface area contributed by atoms with Crippen LogP contribution in [0.25, 0.3) is 0 Å². The fourth-order valence-electron chi connectivity index (χ4n) is 1.49. The second-order valence-electron chi connectivity index (χ2n) is 4.37. The molecule has 0 aliphatic carbocycles. The van der Waals surface area contributed by atoms with Gasteiger partial charge in [0, 0.05) is 12.2 Å². The van der Waals surface area contributed by atoms with Crippen LogP contribution in [-0.4, -0.2) is 16.5 Å². The van der Waals surface area contributed by atoms with E-state index < -0.39 is 0 Å². The van der Waals surface area contributed by atoms with Crippen molar-refractivity contribution in [2.24, 2.45) is 5.16 Å². The van der Waals surface area contributed by atoms with Gasteiger partial charge in [0.2, 0.25) is 0 Å². The number of rotatable bonds is 3. The zero-order chi connectivity index (χ0) is 13.2. The first-order chi connectivity index (χ1) is 8.52. The van der Waals surface area contributed by atoms with Gasteiger partial charge in [-0.25, -0.2) is 0 Å². The topological polar surface area (TPSA) is 21.6 Å². The minimum absolute atomic E-state index is 0.360. The molecule has 0 saturated heterocycles. The maximum absolute atomic E-state index is 5.96. The Hall–Kier alpha value is -0.0900. The highest BCUT2D eigenvalue weighted by molar-refractivity contribution is 8.13. The third kappa shape index (κ3) is 3.47. The van der Waals surface area contributed by atoms with Crippen molar-refractivity contribution in [3.63, 3.8) is 0 Å². The maximum atomic E-state index is 5.96. The van der Waals surface area contributed by atoms with Crippen LogP contribution in [-0.2, 0) is 10.6 Å². The van der Waals surface area contributed by atoms with E-state index in [2.05, 4.69) is 5.16 Å². The van der Waals surface area contributed by atoms with Crippen molar-refractivity contribution in [3.05, 3.63) is 33.8 Å². The molecule has 0 saturated carbocycles. The fourth-order valence-corrected chi connectivity index (χ4v) is 2.96. The number of alkyl halides is 1. The van der Waals surface area contributed by atoms with Gasteiger partial charge in [-0.1, -0.05) is 34.4 Å². The largest absolute Gasteiger partial charge is 0.387 e. The van der Waals surface area contributed by atoms with Gasteiger partial charge in [-0.15, -0.1) is 23.4 Å². The van der Waals surface area contributed by atoms with Gasteiger partial charge in [0.15, 0.2) is 5.60 Å². The Bertz CT molecular complexity index is 480. The summed E-state index contributed by atoms with van der Waals surface area (Å²) in [6, 6.07) is 5.63. The molecule has 0 aromatic heterocycles. The predicted molar refractivity (Wildman–Crippen MR) is 80.0 cm³/mol. The maximum Gasteiger partial charge on any atom is 0.154 e. The predicted octanol–water partition coefficient (Wildman–Crippen LogP) is 4.96. The minimum Gasteiger partial charge on any atom is -0.387 e. The van der Waals surface area contributed by atoms with E-state index in [0.717, 1.165) is 22.8 Å². The monoisotopic (exact) mass is 323 g/mol. The Labute approximate surface area is 126 Å². The Kier molecular flexibility index (Phi) is 4.70. The van der Waals surface area contributed by atoms with Gasteiger partial charge in [0.05, 0.1) is 15.9 Å². The molecular formula is C12H12Cl3NOS. The summed E-state index contributed by atoms with van der Waals surface area (Å²) in [5, 5.41) is 6.16. The molecule has 1 aliphatic heterocycles. The summed E-state index contributed by atoms with van der Waals surface area (Å²) in [6.07, 6.45) is 0.752. The van der Waals surface area contributed by atoms with Crippen LogP contribution >= 0.6 is 46.6 Å². The third-order valence-corrected chi connectivity index (χ3v) is 4.90. The molecule has 1 atom stereocenters. The van der Waals surface area contributed by atoms with Crippen LogP contribution in [0.2, 0.25) is 10.0 Å². The van der Waals surface area contributed by atoms with E-state index in [1.165, 1.54) is 0 Å². The molecule has 2 rings (SSSR count). The lowest BCUT2D eigenvalue weighted by Gasteiger charge is -2.16. The summed E-state index contributed by atoms with van der Waals surface area (Å²) in [5.74, 6) is 1.23. The Morgan fingerprint density at radius 1 is 1.39 bits per heavy atom. The van der Waals surface area contributed by atoms with Crippen LogP contribution in [0.15, 0.2) is 23.4 Å². The van der Waals surface area contributed by atoms with E-state index in [1.807, 2.05) is 19.1 Å². The summed E-state index contributed by atoms with van der Waals surface area (Å²) in [7, 11) is 0. The van der Waals surface area contributed by atoms with Gasteiger partial charge in [-0.3, -0.25) is 0 Å². The van der Waals surface area contributed by atoms with Crippen LogP contribution in [0, 0.1) is 0 Å². The SMILES string of the molecule is CC1(CCl)CC(SCc2ccc(Cl)c(Cl)c2)=NO1. The standard InChI is InChI=1S/C12H12Cl3NOS/c1-12(7-13)5-11(16-17-12)18-6-8-2-3-9(14)10(15)4-8/h2-4H,5-7H2,1H3. The summed E-state index contributed by atoms with van der Waals surface area (Å²) in [6.45, 7) is 1.95. The van der Waals surface area contributed by atoms with Gasteiger partial charge < -0.3 is 4.84 Å². The molecular weight excluding hydrogens is 313 g/mol. The Morgan fingerprint density at radius 2 is 2.17 bits per heavy atom. The van der Waals surface area contributed by atoms with Crippen LogP contribution in [0.4, 0.5) is 0 Å². The first-order valence-electron chi connectivity index (χ1n) is 5.40. The lowest BCUT2D eigenvalue weighted by Crippen LogP contribution is -2.26. The van der Waals surface area contributed by atoms with Gasteiger partial charge in [0.1, 0.15) is 5.04 Å². The molecule has 2 nitrogen and oxygen atoms in total. The van der Waals surface area contributed by atoms with Crippen molar-refractivity contribution in [1.29, 1.82) is 0 Å². The molecule has 1 aliphatic rings. The first-order valence-corrected chi connectivity index (χ1v) is 7.68. The summed E-state index contributed by atoms with van der Waals surface area (Å²) in [5.41, 5.74) is 0.748. The Balaban J connectivity index is 1.91. The van der Waals surface area contributed by atoms with E-state index >= 15 is 0 Å². The van der Waals surface area contributed by atoms with E-state index in [-0.39, 0.29) is 5.60 Å². The number of hydrogen-bond acceptors (Lipinski definition) is 3. The smallest absolute Gasteiger partial charge is 0.154 e. The lowest BCUT2D eigenvalue weighted by atomic mass is 10.1. The van der Waals surface area contributed by atoms with Gasteiger partial charge in [-0.2, -0.15) is 0 Å². The lowest BCUT2D eigenvalue weighted by molar-refractivity contribution is 0.0152. The fraction of sp³-hybridized carbons (Fsp3) is 0.417. The zero-order valence-electron chi connectivity index (χ0n) is 9.75. The van der Waals surface area contributed by atoms with Gasteiger partial charge in [0.25, 0.3) is 0 Å². The van der Waals surface area contributed by atoms with Crippen molar-refractivity contribution in [2.75, 3.05) is 5.88 Å². The molecule has 0 radical (unpaired) electrons. The second-order valence-corrected chi connectivity index (χ2v) is 6.50. The van der Waals surface area contributed by atoms with Crippen molar-refractivity contribution >= 4 is 51.6 Å². The van der Waals surface area contributed by atoms with Crippen molar-refractivity contribution in [1.82, 2.24) is 0 Å². The highest BCUT2D eigenvalue weighted by atomic mass is 35.5. The molecule has 98 valence electrons. The highest BCUT2D eigenvalue weighted by Crippen LogP contribution is 2.31. The van der Waals surface area contributed by atoms with E-state index in [0.29, 0.717) is 15.9 Å². The number of benzene rings is 1. The van der Waals surface area contributed by atoms with Gasteiger partial charge in [-0.05, 0) is 24.6 Å². The quantitative estimate of drug-likeness (QED) is 0.733. The third-order valence-electron chi connectivity index (χ3n) is 2.57. The summed E-state index contributed by atoms with van der Waals surface area (Å²) >= 11 is 19.3. The van der Waals surface area contributed by atoms with E-state index in [1.54, 1.807) is 17.8 Å². The number of nitrogens with zero attached hydrogens (tertiary/aromatic N) is 1. The molecule has 0 amide bonds. The Morgan fingerprint density at radius 3 is 2.78 bits per heavy atom.